The van der Waals surface area contributed by atoms with Gasteiger partial charge in [0, 0.05) is 17.3 Å². The molecule has 27 heavy (non-hydrogen) atoms. The zero-order valence-electron chi connectivity index (χ0n) is 14.8. The van der Waals surface area contributed by atoms with Gasteiger partial charge < -0.3 is 0 Å². The average molecular weight is 372 g/mol. The standard InChI is InChI=1S/C23H17FN2S/c1-16-11-13-17(14-12-16)21-22(18-7-3-2-4-8-18)27-23(26-21)25-15-19-9-5-6-10-20(19)24/h2-15H,1H3. The van der Waals surface area contributed by atoms with Crippen LogP contribution in [0.1, 0.15) is 11.1 Å². The predicted molar refractivity (Wildman–Crippen MR) is 111 cm³/mol. The molecular formula is C23H17FN2S. The highest BCUT2D eigenvalue weighted by atomic mass is 32.1. The van der Waals surface area contributed by atoms with Crippen molar-refractivity contribution in [3.63, 3.8) is 0 Å². The molecule has 132 valence electrons. The lowest BCUT2D eigenvalue weighted by molar-refractivity contribution is 0.626. The molecule has 0 aliphatic carbocycles. The lowest BCUT2D eigenvalue weighted by Crippen LogP contribution is -1.86. The topological polar surface area (TPSA) is 25.2 Å². The Hall–Kier alpha value is -3.11. The number of aromatic nitrogens is 1. The third-order valence-electron chi connectivity index (χ3n) is 4.20. The summed E-state index contributed by atoms with van der Waals surface area (Å²) in [4.78, 5) is 10.2. The van der Waals surface area contributed by atoms with Crippen LogP contribution in [-0.4, -0.2) is 11.2 Å². The first kappa shape index (κ1) is 17.3. The third-order valence-corrected chi connectivity index (χ3v) is 5.21. The molecule has 1 heterocycles. The molecule has 0 aliphatic rings. The molecule has 2 nitrogen and oxygen atoms in total. The van der Waals surface area contributed by atoms with Gasteiger partial charge in [0.25, 0.3) is 0 Å². The van der Waals surface area contributed by atoms with Crippen molar-refractivity contribution in [2.45, 2.75) is 6.92 Å². The maximum atomic E-state index is 13.8. The Balaban J connectivity index is 1.78. The minimum absolute atomic E-state index is 0.292. The molecule has 0 saturated carbocycles. The summed E-state index contributed by atoms with van der Waals surface area (Å²) in [6.45, 7) is 2.06. The monoisotopic (exact) mass is 372 g/mol. The van der Waals surface area contributed by atoms with Gasteiger partial charge in [-0.3, -0.25) is 0 Å². The van der Waals surface area contributed by atoms with Crippen LogP contribution >= 0.6 is 11.3 Å². The van der Waals surface area contributed by atoms with E-state index in [0.29, 0.717) is 10.7 Å². The van der Waals surface area contributed by atoms with Gasteiger partial charge in [-0.1, -0.05) is 89.7 Å². The second kappa shape index (κ2) is 7.64. The number of hydrogen-bond donors (Lipinski definition) is 0. The number of thiazole rings is 1. The summed E-state index contributed by atoms with van der Waals surface area (Å²) in [5.41, 5.74) is 4.69. The van der Waals surface area contributed by atoms with Gasteiger partial charge in [-0.05, 0) is 18.6 Å². The first-order chi connectivity index (χ1) is 13.2. The molecule has 0 atom stereocenters. The van der Waals surface area contributed by atoms with Crippen LogP contribution in [0.4, 0.5) is 9.52 Å². The number of hydrogen-bond acceptors (Lipinski definition) is 3. The fourth-order valence-corrected chi connectivity index (χ4v) is 3.70. The van der Waals surface area contributed by atoms with Crippen LogP contribution in [0.3, 0.4) is 0 Å². The van der Waals surface area contributed by atoms with Gasteiger partial charge in [-0.2, -0.15) is 0 Å². The SMILES string of the molecule is Cc1ccc(-c2nc(N=Cc3ccccc3F)sc2-c2ccccc2)cc1. The van der Waals surface area contributed by atoms with E-state index >= 15 is 0 Å². The highest BCUT2D eigenvalue weighted by Crippen LogP contribution is 2.40. The highest BCUT2D eigenvalue weighted by molar-refractivity contribution is 7.19. The van der Waals surface area contributed by atoms with Gasteiger partial charge in [0.1, 0.15) is 5.82 Å². The Bertz CT molecular complexity index is 1080. The molecule has 0 N–H and O–H groups in total. The van der Waals surface area contributed by atoms with Gasteiger partial charge in [0.15, 0.2) is 0 Å². The first-order valence-corrected chi connectivity index (χ1v) is 9.44. The van der Waals surface area contributed by atoms with Crippen LogP contribution in [0.25, 0.3) is 21.7 Å². The number of halogens is 1. The molecule has 0 unspecified atom stereocenters. The number of benzene rings is 3. The Morgan fingerprint density at radius 1 is 0.852 bits per heavy atom. The number of nitrogens with zero attached hydrogens (tertiary/aromatic N) is 2. The van der Waals surface area contributed by atoms with E-state index in [0.717, 1.165) is 21.7 Å². The summed E-state index contributed by atoms with van der Waals surface area (Å²) in [5, 5.41) is 0.604. The Labute approximate surface area is 161 Å². The van der Waals surface area contributed by atoms with E-state index in [1.54, 1.807) is 18.2 Å². The lowest BCUT2D eigenvalue weighted by atomic mass is 10.1. The maximum absolute atomic E-state index is 13.8. The normalized spacial score (nSPS) is 11.2. The number of aryl methyl sites for hydroxylation is 1. The second-order valence-corrected chi connectivity index (χ2v) is 7.16. The third kappa shape index (κ3) is 3.86. The molecule has 1 aromatic heterocycles. The Morgan fingerprint density at radius 2 is 1.56 bits per heavy atom. The molecule has 4 rings (SSSR count). The minimum Gasteiger partial charge on any atom is -0.227 e. The van der Waals surface area contributed by atoms with Crippen LogP contribution in [0.15, 0.2) is 83.9 Å². The molecule has 0 spiro atoms. The highest BCUT2D eigenvalue weighted by Gasteiger charge is 2.14. The smallest absolute Gasteiger partial charge is 0.210 e. The van der Waals surface area contributed by atoms with E-state index in [2.05, 4.69) is 48.3 Å². The van der Waals surface area contributed by atoms with Crippen LogP contribution in [0.2, 0.25) is 0 Å². The first-order valence-electron chi connectivity index (χ1n) is 8.62. The van der Waals surface area contributed by atoms with Crippen molar-refractivity contribution in [3.05, 3.63) is 95.8 Å². The molecule has 0 amide bonds. The van der Waals surface area contributed by atoms with Crippen molar-refractivity contribution in [1.82, 2.24) is 4.98 Å². The van der Waals surface area contributed by atoms with Crippen molar-refractivity contribution in [2.24, 2.45) is 4.99 Å². The molecule has 3 aromatic carbocycles. The van der Waals surface area contributed by atoms with Gasteiger partial charge >= 0.3 is 0 Å². The van der Waals surface area contributed by atoms with Crippen LogP contribution in [0, 0.1) is 12.7 Å². The maximum Gasteiger partial charge on any atom is 0.210 e. The zero-order valence-corrected chi connectivity index (χ0v) is 15.6. The van der Waals surface area contributed by atoms with Crippen molar-refractivity contribution in [3.8, 4) is 21.7 Å². The van der Waals surface area contributed by atoms with Crippen molar-refractivity contribution >= 4 is 22.7 Å². The predicted octanol–water partition coefficient (Wildman–Crippen LogP) is 6.68. The molecule has 4 heteroatoms. The fraction of sp³-hybridized carbons (Fsp3) is 0.0435. The molecule has 0 saturated heterocycles. The summed E-state index contributed by atoms with van der Waals surface area (Å²) < 4.78 is 13.8. The molecule has 0 fully saturated rings. The quantitative estimate of drug-likeness (QED) is 0.367. The average Bonchev–Trinajstić information content (AvgIpc) is 3.13. The van der Waals surface area contributed by atoms with Crippen LogP contribution in [-0.2, 0) is 0 Å². The Kier molecular flexibility index (Phi) is 4.90. The number of rotatable bonds is 4. The molecule has 4 aromatic rings. The van der Waals surface area contributed by atoms with E-state index in [4.69, 9.17) is 4.98 Å². The van der Waals surface area contributed by atoms with E-state index in [1.165, 1.54) is 29.2 Å². The second-order valence-electron chi connectivity index (χ2n) is 6.19. The minimum atomic E-state index is -0.292. The van der Waals surface area contributed by atoms with Crippen molar-refractivity contribution < 1.29 is 4.39 Å². The van der Waals surface area contributed by atoms with Gasteiger partial charge in [0.05, 0.1) is 10.6 Å². The summed E-state index contributed by atoms with van der Waals surface area (Å²) in [6, 6.07) is 25.0. The molecular weight excluding hydrogens is 355 g/mol. The van der Waals surface area contributed by atoms with Crippen LogP contribution < -0.4 is 0 Å². The van der Waals surface area contributed by atoms with Crippen molar-refractivity contribution in [2.75, 3.05) is 0 Å². The van der Waals surface area contributed by atoms with Gasteiger partial charge in [0.2, 0.25) is 5.13 Å². The summed E-state index contributed by atoms with van der Waals surface area (Å²) in [6.07, 6.45) is 1.53. The Morgan fingerprint density at radius 3 is 2.30 bits per heavy atom. The van der Waals surface area contributed by atoms with Gasteiger partial charge in [-0.25, -0.2) is 14.4 Å². The fourth-order valence-electron chi connectivity index (χ4n) is 2.76. The van der Waals surface area contributed by atoms with Crippen molar-refractivity contribution in [1.29, 1.82) is 0 Å². The molecule has 0 bridgehead atoms. The lowest BCUT2D eigenvalue weighted by Gasteiger charge is -2.03. The van der Waals surface area contributed by atoms with Gasteiger partial charge in [-0.15, -0.1) is 0 Å². The van der Waals surface area contributed by atoms with Crippen LogP contribution in [0.5, 0.6) is 0 Å². The molecule has 0 aliphatic heterocycles. The van der Waals surface area contributed by atoms with E-state index in [1.807, 2.05) is 18.2 Å². The van der Waals surface area contributed by atoms with E-state index in [9.17, 15) is 4.39 Å². The largest absolute Gasteiger partial charge is 0.227 e. The summed E-state index contributed by atoms with van der Waals surface area (Å²) >= 11 is 1.51. The summed E-state index contributed by atoms with van der Waals surface area (Å²) in [5.74, 6) is -0.292. The molecule has 0 radical (unpaired) electrons. The van der Waals surface area contributed by atoms with E-state index in [-0.39, 0.29) is 5.82 Å². The zero-order chi connectivity index (χ0) is 18.6. The summed E-state index contributed by atoms with van der Waals surface area (Å²) in [7, 11) is 0. The number of aliphatic imine (C=N–C) groups is 1. The van der Waals surface area contributed by atoms with E-state index < -0.39 is 0 Å².